The number of carbonyl (C=O) groups excluding carboxylic acids is 2. The molecule has 0 heterocycles. The minimum absolute atomic E-state index is 0.121. The number of carbonyl (C=O) groups is 2. The molecule has 0 aliphatic rings. The minimum atomic E-state index is -0.847. The summed E-state index contributed by atoms with van der Waals surface area (Å²) >= 11 is 1.61. The lowest BCUT2D eigenvalue weighted by molar-refractivity contribution is -0.145. The van der Waals surface area contributed by atoms with Crippen LogP contribution in [0.4, 0.5) is 4.79 Å². The second kappa shape index (κ2) is 14.8. The summed E-state index contributed by atoms with van der Waals surface area (Å²) in [5, 5.41) is 2.56. The Bertz CT molecular complexity index is 1060. The van der Waals surface area contributed by atoms with Crippen LogP contribution < -0.4 is 10.1 Å². The summed E-state index contributed by atoms with van der Waals surface area (Å²) in [5.41, 5.74) is 3.14. The van der Waals surface area contributed by atoms with Crippen LogP contribution in [0.3, 0.4) is 0 Å². The number of thioether (sulfide) groups is 1. The first-order chi connectivity index (χ1) is 17.6. The maximum absolute atomic E-state index is 13.0. The van der Waals surface area contributed by atoms with Crippen LogP contribution in [0.5, 0.6) is 5.75 Å². The molecule has 0 spiro atoms. The molecule has 1 amide bonds. The van der Waals surface area contributed by atoms with Crippen LogP contribution in [0.2, 0.25) is 0 Å². The average Bonchev–Trinajstić information content (AvgIpc) is 2.92. The van der Waals surface area contributed by atoms with Gasteiger partial charge in [0.25, 0.3) is 0 Å². The Hall–Kier alpha value is -3.45. The van der Waals surface area contributed by atoms with Gasteiger partial charge in [0.2, 0.25) is 0 Å². The van der Waals surface area contributed by atoms with E-state index in [1.165, 1.54) is 5.56 Å². The number of alkyl carbamates (subject to hydrolysis) is 1. The highest BCUT2D eigenvalue weighted by Crippen LogP contribution is 2.27. The van der Waals surface area contributed by atoms with Crippen molar-refractivity contribution < 1.29 is 23.8 Å². The maximum Gasteiger partial charge on any atom is 0.408 e. The Kier molecular flexibility index (Phi) is 11.2. The second-order valence-corrected chi connectivity index (χ2v) is 9.39. The van der Waals surface area contributed by atoms with Crippen LogP contribution in [0.25, 0.3) is 0 Å². The van der Waals surface area contributed by atoms with E-state index in [1.54, 1.807) is 25.8 Å². The molecule has 0 radical (unpaired) electrons. The quantitative estimate of drug-likeness (QED) is 0.295. The summed E-state index contributed by atoms with van der Waals surface area (Å²) in [6.07, 6.45) is 0.789. The zero-order valence-electron chi connectivity index (χ0n) is 20.7. The predicted molar refractivity (Wildman–Crippen MR) is 143 cm³/mol. The van der Waals surface area contributed by atoms with Gasteiger partial charge in [-0.2, -0.15) is 11.8 Å². The summed E-state index contributed by atoms with van der Waals surface area (Å²) in [7, 11) is 1.63. The molecule has 0 bridgehead atoms. The van der Waals surface area contributed by atoms with Gasteiger partial charge in [-0.05, 0) is 48.6 Å². The van der Waals surface area contributed by atoms with Gasteiger partial charge in [0.1, 0.15) is 18.4 Å². The first kappa shape index (κ1) is 27.1. The summed E-state index contributed by atoms with van der Waals surface area (Å²) in [5.74, 6) is 0.992. The molecule has 3 aromatic rings. The average molecular weight is 508 g/mol. The van der Waals surface area contributed by atoms with Crippen molar-refractivity contribution in [3.05, 3.63) is 102 Å². The molecule has 0 unspecified atom stereocenters. The van der Waals surface area contributed by atoms with Gasteiger partial charge in [-0.25, -0.2) is 9.59 Å². The number of benzene rings is 3. The maximum atomic E-state index is 13.0. The molecule has 0 aliphatic heterocycles. The molecular formula is C29H33NO5S. The third-order valence-corrected chi connectivity index (χ3v) is 7.02. The second-order valence-electron chi connectivity index (χ2n) is 8.16. The van der Waals surface area contributed by atoms with Crippen molar-refractivity contribution in [3.8, 4) is 5.75 Å². The van der Waals surface area contributed by atoms with Crippen LogP contribution in [0, 0.1) is 0 Å². The van der Waals surface area contributed by atoms with Crippen molar-refractivity contribution in [2.45, 2.75) is 43.4 Å². The molecule has 36 heavy (non-hydrogen) atoms. The van der Waals surface area contributed by atoms with Gasteiger partial charge in [-0.15, -0.1) is 0 Å². The van der Waals surface area contributed by atoms with Crippen LogP contribution in [-0.2, 0) is 33.0 Å². The molecule has 1 N–H and O–H groups in total. The number of amides is 1. The molecule has 0 saturated heterocycles. The van der Waals surface area contributed by atoms with Gasteiger partial charge in [-0.3, -0.25) is 0 Å². The minimum Gasteiger partial charge on any atom is -0.497 e. The summed E-state index contributed by atoms with van der Waals surface area (Å²) in [4.78, 5) is 25.7. The molecule has 3 aromatic carbocycles. The Morgan fingerprint density at radius 2 is 1.47 bits per heavy atom. The van der Waals surface area contributed by atoms with Gasteiger partial charge < -0.3 is 19.5 Å². The van der Waals surface area contributed by atoms with Crippen LogP contribution in [-0.4, -0.2) is 37.1 Å². The Balaban J connectivity index is 1.73. The van der Waals surface area contributed by atoms with Gasteiger partial charge in [-0.1, -0.05) is 72.8 Å². The van der Waals surface area contributed by atoms with Gasteiger partial charge in [0.15, 0.2) is 0 Å². The van der Waals surface area contributed by atoms with E-state index in [9.17, 15) is 9.59 Å². The molecule has 0 fully saturated rings. The molecule has 0 aliphatic carbocycles. The number of hydrogen-bond donors (Lipinski definition) is 1. The van der Waals surface area contributed by atoms with E-state index in [2.05, 4.69) is 17.4 Å². The molecular weight excluding hydrogens is 474 g/mol. The molecule has 0 aromatic heterocycles. The first-order valence-corrected chi connectivity index (χ1v) is 13.1. The highest BCUT2D eigenvalue weighted by Gasteiger charge is 2.32. The Labute approximate surface area is 217 Å². The summed E-state index contributed by atoms with van der Waals surface area (Å²) in [6.45, 7) is 2.10. The van der Waals surface area contributed by atoms with Crippen LogP contribution in [0.1, 0.15) is 30.0 Å². The SMILES string of the molecule is CCOC(=O)[C@H](NC(=O)OCc1ccccc1)[C@@H](CCc1ccccc1)SCc1ccc(OC)cc1. The zero-order valence-corrected chi connectivity index (χ0v) is 21.5. The smallest absolute Gasteiger partial charge is 0.408 e. The fraction of sp³-hybridized carbons (Fsp3) is 0.310. The van der Waals surface area contributed by atoms with Crippen LogP contribution in [0.15, 0.2) is 84.9 Å². The fourth-order valence-electron chi connectivity index (χ4n) is 3.65. The van der Waals surface area contributed by atoms with Crippen molar-refractivity contribution >= 4 is 23.8 Å². The highest BCUT2D eigenvalue weighted by atomic mass is 32.2. The van der Waals surface area contributed by atoms with E-state index in [0.717, 1.165) is 23.3 Å². The lowest BCUT2D eigenvalue weighted by Crippen LogP contribution is -2.48. The largest absolute Gasteiger partial charge is 0.497 e. The molecule has 2 atom stereocenters. The van der Waals surface area contributed by atoms with E-state index < -0.39 is 18.1 Å². The van der Waals surface area contributed by atoms with Crippen molar-refractivity contribution in [1.82, 2.24) is 5.32 Å². The van der Waals surface area contributed by atoms with E-state index in [-0.39, 0.29) is 18.5 Å². The number of methoxy groups -OCH3 is 1. The molecule has 6 nitrogen and oxygen atoms in total. The number of rotatable bonds is 13. The third kappa shape index (κ3) is 8.96. The summed E-state index contributed by atoms with van der Waals surface area (Å²) in [6, 6.07) is 26.5. The molecule has 190 valence electrons. The third-order valence-electron chi connectivity index (χ3n) is 5.58. The van der Waals surface area contributed by atoms with Crippen molar-refractivity contribution in [2.75, 3.05) is 13.7 Å². The van der Waals surface area contributed by atoms with E-state index >= 15 is 0 Å². The van der Waals surface area contributed by atoms with Gasteiger partial charge in [0, 0.05) is 11.0 Å². The zero-order chi connectivity index (χ0) is 25.6. The van der Waals surface area contributed by atoms with E-state index in [1.807, 2.05) is 72.8 Å². The predicted octanol–water partition coefficient (Wildman–Crippen LogP) is 5.79. The molecule has 7 heteroatoms. The van der Waals surface area contributed by atoms with E-state index in [0.29, 0.717) is 12.2 Å². The van der Waals surface area contributed by atoms with Gasteiger partial charge in [0.05, 0.1) is 13.7 Å². The topological polar surface area (TPSA) is 73.9 Å². The van der Waals surface area contributed by atoms with Crippen molar-refractivity contribution in [2.24, 2.45) is 0 Å². The summed E-state index contributed by atoms with van der Waals surface area (Å²) < 4.78 is 16.0. The number of aryl methyl sites for hydroxylation is 1. The van der Waals surface area contributed by atoms with Gasteiger partial charge >= 0.3 is 12.1 Å². The Morgan fingerprint density at radius 1 is 0.833 bits per heavy atom. The number of nitrogens with one attached hydrogen (secondary N) is 1. The Morgan fingerprint density at radius 3 is 2.08 bits per heavy atom. The van der Waals surface area contributed by atoms with Crippen LogP contribution >= 0.6 is 11.8 Å². The van der Waals surface area contributed by atoms with E-state index in [4.69, 9.17) is 14.2 Å². The lowest BCUT2D eigenvalue weighted by atomic mass is 10.0. The molecule has 0 saturated carbocycles. The standard InChI is InChI=1S/C29H33NO5S/c1-3-34-28(31)27(30-29(32)35-20-23-12-8-5-9-13-23)26(19-16-22-10-6-4-7-11-22)36-21-24-14-17-25(33-2)18-15-24/h4-15,17-18,26-27H,3,16,19-21H2,1-2H3,(H,30,32)/t26-,27-/m1/s1. The van der Waals surface area contributed by atoms with Crippen molar-refractivity contribution in [1.29, 1.82) is 0 Å². The van der Waals surface area contributed by atoms with Crippen molar-refractivity contribution in [3.63, 3.8) is 0 Å². The normalized spacial score (nSPS) is 12.3. The highest BCUT2D eigenvalue weighted by molar-refractivity contribution is 7.99. The number of hydrogen-bond acceptors (Lipinski definition) is 6. The first-order valence-electron chi connectivity index (χ1n) is 12.0. The number of ether oxygens (including phenoxy) is 3. The number of esters is 1. The monoisotopic (exact) mass is 507 g/mol. The fourth-order valence-corrected chi connectivity index (χ4v) is 4.91. The molecule has 3 rings (SSSR count). The lowest BCUT2D eigenvalue weighted by Gasteiger charge is -2.26.